The van der Waals surface area contributed by atoms with E-state index in [1.807, 2.05) is 6.92 Å². The number of nitrogens with one attached hydrogen (secondary N) is 3. The maximum atomic E-state index is 12.6. The number of anilines is 2. The van der Waals surface area contributed by atoms with Gasteiger partial charge in [0.2, 0.25) is 0 Å². The van der Waals surface area contributed by atoms with E-state index in [9.17, 15) is 14.4 Å². The molecule has 0 bridgehead atoms. The van der Waals surface area contributed by atoms with Gasteiger partial charge in [-0.15, -0.1) is 11.3 Å². The normalized spacial score (nSPS) is 15.0. The highest BCUT2D eigenvalue weighted by atomic mass is 35.5. The van der Waals surface area contributed by atoms with Gasteiger partial charge in [-0.05, 0) is 43.9 Å². The molecular weight excluding hydrogens is 473 g/mol. The summed E-state index contributed by atoms with van der Waals surface area (Å²) in [6, 6.07) is 5.85. The molecule has 1 heterocycles. The Morgan fingerprint density at radius 1 is 1.09 bits per heavy atom. The molecule has 1 aliphatic rings. The molecule has 0 unspecified atom stereocenters. The molecule has 3 rings (SSSR count). The Kier molecular flexibility index (Phi) is 8.39. The molecule has 0 aliphatic heterocycles. The highest BCUT2D eigenvalue weighted by molar-refractivity contribution is 7.16. The first kappa shape index (κ1) is 24.4. The molecule has 7 nitrogen and oxygen atoms in total. The largest absolute Gasteiger partial charge is 0.340 e. The van der Waals surface area contributed by atoms with E-state index in [4.69, 9.17) is 28.0 Å². The number of hydrogen-bond acceptors (Lipinski definition) is 5. The summed E-state index contributed by atoms with van der Waals surface area (Å²) in [6.07, 6.45) is 5.40. The van der Waals surface area contributed by atoms with Gasteiger partial charge in [0.1, 0.15) is 5.00 Å². The lowest BCUT2D eigenvalue weighted by Gasteiger charge is -2.25. The minimum Gasteiger partial charge on any atom is -0.340 e. The van der Waals surface area contributed by atoms with Crippen molar-refractivity contribution >= 4 is 63.1 Å². The number of aryl methyl sites for hydroxylation is 1. The Hall–Kier alpha value is -2.29. The van der Waals surface area contributed by atoms with E-state index in [0.29, 0.717) is 5.00 Å². The molecule has 0 spiro atoms. The third-order valence-electron chi connectivity index (χ3n) is 5.50. The van der Waals surface area contributed by atoms with Crippen molar-refractivity contribution in [2.75, 3.05) is 10.6 Å². The average Bonchev–Trinajstić information content (AvgIpc) is 3.14. The molecule has 172 valence electrons. The van der Waals surface area contributed by atoms with Crippen LogP contribution >= 0.6 is 34.5 Å². The number of amides is 3. The van der Waals surface area contributed by atoms with E-state index in [1.54, 1.807) is 31.2 Å². The zero-order valence-corrected chi connectivity index (χ0v) is 20.1. The number of rotatable bonds is 5. The molecule has 0 radical (unpaired) electrons. The Morgan fingerprint density at radius 2 is 1.75 bits per heavy atom. The van der Waals surface area contributed by atoms with E-state index in [0.717, 1.165) is 30.6 Å². The maximum absolute atomic E-state index is 12.6. The minimum atomic E-state index is -0.621. The van der Waals surface area contributed by atoms with Gasteiger partial charge < -0.3 is 10.2 Å². The zero-order chi connectivity index (χ0) is 23.3. The molecule has 1 aliphatic carbocycles. The van der Waals surface area contributed by atoms with Gasteiger partial charge in [-0.3, -0.25) is 10.1 Å². The van der Waals surface area contributed by atoms with E-state index in [1.165, 1.54) is 17.8 Å². The number of hydrogen-bond donors (Lipinski definition) is 3. The van der Waals surface area contributed by atoms with E-state index < -0.39 is 17.9 Å². The van der Waals surface area contributed by atoms with Crippen molar-refractivity contribution in [1.82, 2.24) is 5.48 Å². The molecule has 32 heavy (non-hydrogen) atoms. The van der Waals surface area contributed by atoms with Crippen LogP contribution < -0.4 is 16.1 Å². The highest BCUT2D eigenvalue weighted by Gasteiger charge is 2.28. The SMILES string of the molecule is Cc1cc(C(=O)NOC(=O)[C@@H](C)C2CCCCC2)c(NC(=O)Nc2c(Cl)cccc2Cl)s1. The fourth-order valence-electron chi connectivity index (χ4n) is 3.71. The molecule has 1 aromatic heterocycles. The number of benzene rings is 1. The van der Waals surface area contributed by atoms with Crippen LogP contribution in [-0.2, 0) is 9.63 Å². The van der Waals surface area contributed by atoms with Gasteiger partial charge in [-0.1, -0.05) is 55.5 Å². The molecule has 1 atom stereocenters. The molecule has 0 saturated heterocycles. The van der Waals surface area contributed by atoms with Crippen LogP contribution in [0.2, 0.25) is 10.0 Å². The van der Waals surface area contributed by atoms with E-state index in [-0.39, 0.29) is 33.1 Å². The van der Waals surface area contributed by atoms with Crippen LogP contribution in [-0.4, -0.2) is 17.9 Å². The van der Waals surface area contributed by atoms with Gasteiger partial charge in [-0.2, -0.15) is 5.48 Å². The lowest BCUT2D eigenvalue weighted by Crippen LogP contribution is -2.33. The smallest absolute Gasteiger partial charge is 0.335 e. The van der Waals surface area contributed by atoms with Crippen LogP contribution in [0.1, 0.15) is 54.3 Å². The predicted octanol–water partition coefficient (Wildman–Crippen LogP) is 6.41. The first-order valence-corrected chi connectivity index (χ1v) is 12.0. The number of para-hydroxylation sites is 1. The average molecular weight is 498 g/mol. The second-order valence-electron chi connectivity index (χ2n) is 7.81. The standard InChI is InChI=1S/C22H25Cl2N3O4S/c1-12-11-15(19(28)27-31-21(29)13(2)14-7-4-3-5-8-14)20(32-12)26-22(30)25-18-16(23)9-6-10-17(18)24/h6,9-11,13-14H,3-5,7-8H2,1-2H3,(H,27,28)(H2,25,26,30)/t13-/m0/s1. The molecule has 1 fully saturated rings. The number of carbonyl (C=O) groups excluding carboxylic acids is 3. The third-order valence-corrected chi connectivity index (χ3v) is 7.10. The number of thiophene rings is 1. The van der Waals surface area contributed by atoms with Gasteiger partial charge in [0.05, 0.1) is 27.2 Å². The Morgan fingerprint density at radius 3 is 2.41 bits per heavy atom. The summed E-state index contributed by atoms with van der Waals surface area (Å²) in [6.45, 7) is 3.63. The minimum absolute atomic E-state index is 0.186. The van der Waals surface area contributed by atoms with Gasteiger partial charge >= 0.3 is 12.0 Å². The summed E-state index contributed by atoms with van der Waals surface area (Å²) >= 11 is 13.4. The van der Waals surface area contributed by atoms with Gasteiger partial charge in [0.15, 0.2) is 0 Å². The number of halogens is 2. The van der Waals surface area contributed by atoms with Gasteiger partial charge in [0, 0.05) is 4.88 Å². The number of carbonyl (C=O) groups is 3. The Labute approximate surface area is 200 Å². The topological polar surface area (TPSA) is 96.5 Å². The third kappa shape index (κ3) is 6.15. The molecule has 3 N–H and O–H groups in total. The number of urea groups is 1. The van der Waals surface area contributed by atoms with Crippen molar-refractivity contribution in [3.63, 3.8) is 0 Å². The van der Waals surface area contributed by atoms with Crippen molar-refractivity contribution in [3.8, 4) is 0 Å². The van der Waals surface area contributed by atoms with Crippen molar-refractivity contribution < 1.29 is 19.2 Å². The summed E-state index contributed by atoms with van der Waals surface area (Å²) in [5.74, 6) is -1.10. The summed E-state index contributed by atoms with van der Waals surface area (Å²) in [5, 5.41) is 6.08. The molecule has 10 heteroatoms. The fraction of sp³-hybridized carbons (Fsp3) is 0.409. The summed E-state index contributed by atoms with van der Waals surface area (Å²) in [5.41, 5.74) is 2.67. The summed E-state index contributed by atoms with van der Waals surface area (Å²) in [7, 11) is 0. The van der Waals surface area contributed by atoms with Crippen molar-refractivity contribution in [1.29, 1.82) is 0 Å². The van der Waals surface area contributed by atoms with E-state index >= 15 is 0 Å². The fourth-order valence-corrected chi connectivity index (χ4v) is 5.11. The van der Waals surface area contributed by atoms with Crippen molar-refractivity contribution in [2.45, 2.75) is 46.0 Å². The molecule has 1 saturated carbocycles. The zero-order valence-electron chi connectivity index (χ0n) is 17.8. The van der Waals surface area contributed by atoms with Crippen LogP contribution in [0.5, 0.6) is 0 Å². The number of hydroxylamine groups is 1. The van der Waals surface area contributed by atoms with Gasteiger partial charge in [0.25, 0.3) is 5.91 Å². The molecule has 1 aromatic carbocycles. The molecular formula is C22H25Cl2N3O4S. The maximum Gasteiger partial charge on any atom is 0.335 e. The summed E-state index contributed by atoms with van der Waals surface area (Å²) < 4.78 is 0. The predicted molar refractivity (Wildman–Crippen MR) is 127 cm³/mol. The van der Waals surface area contributed by atoms with Crippen LogP contribution in [0, 0.1) is 18.8 Å². The summed E-state index contributed by atoms with van der Waals surface area (Å²) in [4.78, 5) is 43.3. The lowest BCUT2D eigenvalue weighted by atomic mass is 9.81. The van der Waals surface area contributed by atoms with E-state index in [2.05, 4.69) is 16.1 Å². The quantitative estimate of drug-likeness (QED) is 0.415. The van der Waals surface area contributed by atoms with Crippen LogP contribution in [0.25, 0.3) is 0 Å². The second-order valence-corrected chi connectivity index (χ2v) is 9.89. The van der Waals surface area contributed by atoms with Gasteiger partial charge in [-0.25, -0.2) is 9.59 Å². The Bertz CT molecular complexity index is 985. The monoisotopic (exact) mass is 497 g/mol. The molecule has 3 amide bonds. The highest BCUT2D eigenvalue weighted by Crippen LogP contribution is 2.32. The van der Waals surface area contributed by atoms with Crippen LogP contribution in [0.15, 0.2) is 24.3 Å². The lowest BCUT2D eigenvalue weighted by molar-refractivity contribution is -0.155. The Balaban J connectivity index is 1.60. The van der Waals surface area contributed by atoms with Crippen molar-refractivity contribution in [2.24, 2.45) is 11.8 Å². The van der Waals surface area contributed by atoms with Crippen molar-refractivity contribution in [3.05, 3.63) is 44.8 Å². The van der Waals surface area contributed by atoms with Crippen LogP contribution in [0.3, 0.4) is 0 Å². The second kappa shape index (κ2) is 11.0. The first-order valence-electron chi connectivity index (χ1n) is 10.4. The molecule has 2 aromatic rings. The first-order chi connectivity index (χ1) is 15.3. The van der Waals surface area contributed by atoms with Crippen LogP contribution in [0.4, 0.5) is 15.5 Å².